The Balaban J connectivity index is 2.09. The second kappa shape index (κ2) is 7.87. The molecular weight excluding hydrogens is 298 g/mol. The molecular formula is C17H21NO5. The molecule has 0 saturated carbocycles. The van der Waals surface area contributed by atoms with Crippen molar-refractivity contribution < 1.29 is 23.9 Å². The summed E-state index contributed by atoms with van der Waals surface area (Å²) in [6.45, 7) is 1.34. The van der Waals surface area contributed by atoms with Gasteiger partial charge in [0, 0.05) is 18.9 Å². The number of carbonyl (C=O) groups is 3. The van der Waals surface area contributed by atoms with E-state index < -0.39 is 24.2 Å². The van der Waals surface area contributed by atoms with Gasteiger partial charge in [0.1, 0.15) is 12.1 Å². The van der Waals surface area contributed by atoms with Gasteiger partial charge in [-0.1, -0.05) is 30.3 Å². The van der Waals surface area contributed by atoms with Crippen molar-refractivity contribution in [2.45, 2.75) is 44.4 Å². The van der Waals surface area contributed by atoms with Crippen LogP contribution in [0.1, 0.15) is 36.5 Å². The Morgan fingerprint density at radius 2 is 1.87 bits per heavy atom. The van der Waals surface area contributed by atoms with Crippen LogP contribution in [0.3, 0.4) is 0 Å². The molecule has 1 aliphatic heterocycles. The monoisotopic (exact) mass is 319 g/mol. The number of ether oxygens (including phenoxy) is 2. The first-order valence-electron chi connectivity index (χ1n) is 7.60. The lowest BCUT2D eigenvalue weighted by molar-refractivity contribution is -0.152. The van der Waals surface area contributed by atoms with E-state index in [1.807, 2.05) is 6.07 Å². The third-order valence-electron chi connectivity index (χ3n) is 3.91. The molecule has 3 atom stereocenters. The van der Waals surface area contributed by atoms with Gasteiger partial charge in [-0.25, -0.2) is 0 Å². The number of hydrogen-bond acceptors (Lipinski definition) is 6. The van der Waals surface area contributed by atoms with Crippen LogP contribution in [0.2, 0.25) is 0 Å². The van der Waals surface area contributed by atoms with Crippen LogP contribution in [-0.2, 0) is 19.1 Å². The molecule has 0 unspecified atom stereocenters. The number of ketones is 1. The molecule has 1 aromatic rings. The highest BCUT2D eigenvalue weighted by molar-refractivity contribution is 5.96. The lowest BCUT2D eigenvalue weighted by atomic mass is 9.91. The van der Waals surface area contributed by atoms with Crippen molar-refractivity contribution in [1.29, 1.82) is 0 Å². The van der Waals surface area contributed by atoms with Gasteiger partial charge in [0.15, 0.2) is 5.78 Å². The number of Topliss-reactive ketones (excluding diaryl/α,β-unsaturated/α-hetero) is 1. The Morgan fingerprint density at radius 1 is 1.17 bits per heavy atom. The third-order valence-corrected chi connectivity index (χ3v) is 3.91. The molecule has 1 N–H and O–H groups in total. The van der Waals surface area contributed by atoms with Gasteiger partial charge in [-0.05, 0) is 12.8 Å². The Labute approximate surface area is 135 Å². The molecule has 0 bridgehead atoms. The molecule has 1 fully saturated rings. The van der Waals surface area contributed by atoms with E-state index in [-0.39, 0.29) is 18.2 Å². The lowest BCUT2D eigenvalue weighted by Crippen LogP contribution is -2.55. The van der Waals surface area contributed by atoms with Gasteiger partial charge in [0.25, 0.3) is 0 Å². The maximum Gasteiger partial charge on any atom is 0.322 e. The zero-order chi connectivity index (χ0) is 16.8. The predicted octanol–water partition coefficient (Wildman–Crippen LogP) is 1.48. The Kier molecular flexibility index (Phi) is 5.87. The van der Waals surface area contributed by atoms with Crippen LogP contribution in [-0.4, -0.2) is 43.0 Å². The van der Waals surface area contributed by atoms with Gasteiger partial charge in [-0.2, -0.15) is 0 Å². The molecule has 0 spiro atoms. The van der Waals surface area contributed by atoms with E-state index in [4.69, 9.17) is 9.47 Å². The molecule has 1 aromatic carbocycles. The number of rotatable bonds is 5. The number of benzene rings is 1. The molecule has 0 aliphatic carbocycles. The van der Waals surface area contributed by atoms with Crippen molar-refractivity contribution in [3.63, 3.8) is 0 Å². The highest BCUT2D eigenvalue weighted by Gasteiger charge is 2.36. The summed E-state index contributed by atoms with van der Waals surface area (Å²) < 4.78 is 10.0. The van der Waals surface area contributed by atoms with Crippen molar-refractivity contribution in [1.82, 2.24) is 5.32 Å². The third kappa shape index (κ3) is 4.63. The fourth-order valence-electron chi connectivity index (χ4n) is 2.80. The largest absolute Gasteiger partial charge is 0.468 e. The number of nitrogens with one attached hydrogen (secondary N) is 1. The van der Waals surface area contributed by atoms with Gasteiger partial charge in [0.2, 0.25) is 0 Å². The molecule has 124 valence electrons. The maximum absolute atomic E-state index is 12.4. The van der Waals surface area contributed by atoms with Gasteiger partial charge >= 0.3 is 11.9 Å². The maximum atomic E-state index is 12.4. The van der Waals surface area contributed by atoms with E-state index >= 15 is 0 Å². The molecule has 2 rings (SSSR count). The van der Waals surface area contributed by atoms with E-state index in [9.17, 15) is 14.4 Å². The minimum atomic E-state index is -0.486. The van der Waals surface area contributed by atoms with E-state index in [2.05, 4.69) is 5.32 Å². The molecule has 0 radical (unpaired) electrons. The normalized spacial score (nSPS) is 23.8. The van der Waals surface area contributed by atoms with Crippen LogP contribution in [0.25, 0.3) is 0 Å². The molecule has 0 amide bonds. The van der Waals surface area contributed by atoms with E-state index in [0.29, 0.717) is 18.4 Å². The topological polar surface area (TPSA) is 81.7 Å². The first-order chi connectivity index (χ1) is 11.0. The number of methoxy groups -OCH3 is 1. The van der Waals surface area contributed by atoms with Gasteiger partial charge in [-0.15, -0.1) is 0 Å². The minimum absolute atomic E-state index is 0.0641. The summed E-state index contributed by atoms with van der Waals surface area (Å²) in [5, 5.41) is 3.09. The van der Waals surface area contributed by atoms with Crippen LogP contribution in [0, 0.1) is 0 Å². The SMILES string of the molecule is COC(=O)[C@@H]1CC[C@@H](OC(C)=O)[C@H](CC(=O)c2ccccc2)N1. The Hall–Kier alpha value is -2.21. The van der Waals surface area contributed by atoms with Crippen LogP contribution in [0.5, 0.6) is 0 Å². The predicted molar refractivity (Wildman–Crippen MR) is 82.9 cm³/mol. The molecule has 1 aliphatic rings. The van der Waals surface area contributed by atoms with E-state index in [1.54, 1.807) is 24.3 Å². The molecule has 6 nitrogen and oxygen atoms in total. The highest BCUT2D eigenvalue weighted by atomic mass is 16.5. The lowest BCUT2D eigenvalue weighted by Gasteiger charge is -2.35. The fraction of sp³-hybridized carbons (Fsp3) is 0.471. The Morgan fingerprint density at radius 3 is 2.48 bits per heavy atom. The summed E-state index contributed by atoms with van der Waals surface area (Å²) in [4.78, 5) is 35.4. The van der Waals surface area contributed by atoms with Gasteiger partial charge in [0.05, 0.1) is 13.2 Å². The second-order valence-corrected chi connectivity index (χ2v) is 5.57. The second-order valence-electron chi connectivity index (χ2n) is 5.57. The van der Waals surface area contributed by atoms with Crippen molar-refractivity contribution in [3.8, 4) is 0 Å². The van der Waals surface area contributed by atoms with Crippen molar-refractivity contribution in [2.24, 2.45) is 0 Å². The first-order valence-corrected chi connectivity index (χ1v) is 7.60. The molecule has 1 heterocycles. The molecule has 6 heteroatoms. The summed E-state index contributed by atoms with van der Waals surface area (Å²) in [7, 11) is 1.33. The average Bonchev–Trinajstić information content (AvgIpc) is 2.56. The smallest absolute Gasteiger partial charge is 0.322 e. The zero-order valence-electron chi connectivity index (χ0n) is 13.3. The first kappa shape index (κ1) is 17.1. The number of esters is 2. The van der Waals surface area contributed by atoms with Crippen molar-refractivity contribution in [3.05, 3.63) is 35.9 Å². The van der Waals surface area contributed by atoms with Crippen molar-refractivity contribution in [2.75, 3.05) is 7.11 Å². The van der Waals surface area contributed by atoms with E-state index in [0.717, 1.165) is 0 Å². The Bertz CT molecular complexity index is 572. The van der Waals surface area contributed by atoms with Gasteiger partial charge in [-0.3, -0.25) is 19.7 Å². The van der Waals surface area contributed by atoms with Crippen LogP contribution in [0.4, 0.5) is 0 Å². The number of carbonyl (C=O) groups excluding carboxylic acids is 3. The highest BCUT2D eigenvalue weighted by Crippen LogP contribution is 2.21. The van der Waals surface area contributed by atoms with Gasteiger partial charge < -0.3 is 9.47 Å². The molecule has 0 aromatic heterocycles. The summed E-state index contributed by atoms with van der Waals surface area (Å²) in [5.41, 5.74) is 0.594. The summed E-state index contributed by atoms with van der Waals surface area (Å²) in [6.07, 6.45) is 0.732. The number of hydrogen-bond donors (Lipinski definition) is 1. The van der Waals surface area contributed by atoms with Crippen LogP contribution in [0.15, 0.2) is 30.3 Å². The molecule has 1 saturated heterocycles. The van der Waals surface area contributed by atoms with Crippen LogP contribution < -0.4 is 5.32 Å². The van der Waals surface area contributed by atoms with Crippen LogP contribution >= 0.6 is 0 Å². The number of piperidine rings is 1. The summed E-state index contributed by atoms with van der Waals surface area (Å²) in [6, 6.07) is 8.01. The quantitative estimate of drug-likeness (QED) is 0.654. The average molecular weight is 319 g/mol. The molecule has 23 heavy (non-hydrogen) atoms. The summed E-state index contributed by atoms with van der Waals surface area (Å²) in [5.74, 6) is -0.834. The van der Waals surface area contributed by atoms with E-state index in [1.165, 1.54) is 14.0 Å². The fourth-order valence-corrected chi connectivity index (χ4v) is 2.80. The minimum Gasteiger partial charge on any atom is -0.468 e. The summed E-state index contributed by atoms with van der Waals surface area (Å²) >= 11 is 0. The standard InChI is InChI=1S/C17H21NO5/c1-11(19)23-16-9-8-13(17(21)22-2)18-14(16)10-15(20)12-6-4-3-5-7-12/h3-7,13-14,16,18H,8-10H2,1-2H3/t13-,14-,16+/m0/s1. The van der Waals surface area contributed by atoms with Crippen molar-refractivity contribution >= 4 is 17.7 Å². The zero-order valence-corrected chi connectivity index (χ0v) is 13.3.